The largest absolute Gasteiger partial charge is 0.493 e. The Morgan fingerprint density at radius 3 is 1.59 bits per heavy atom. The van der Waals surface area contributed by atoms with Crippen LogP contribution in [0.2, 0.25) is 0 Å². The van der Waals surface area contributed by atoms with Crippen molar-refractivity contribution in [1.29, 1.82) is 0 Å². The topological polar surface area (TPSA) is 27.7 Å². The molecule has 0 unspecified atom stereocenters. The fourth-order valence-electron chi connectivity index (χ4n) is 2.59. The Balaban J connectivity index is 2.62. The van der Waals surface area contributed by atoms with Crippen molar-refractivity contribution in [2.45, 2.75) is 47.0 Å². The van der Waals surface area contributed by atoms with E-state index in [0.717, 1.165) is 19.3 Å². The van der Waals surface area contributed by atoms with E-state index in [4.69, 9.17) is 14.2 Å². The summed E-state index contributed by atoms with van der Waals surface area (Å²) in [6.07, 6.45) is 2.48. The fraction of sp³-hybridized carbons (Fsp3) is 0.455. The lowest BCUT2D eigenvalue weighted by Crippen LogP contribution is -2.04. The molecular formula is C22H28F2O3. The molecule has 5 heteroatoms. The van der Waals surface area contributed by atoms with Gasteiger partial charge in [-0.3, -0.25) is 0 Å². The van der Waals surface area contributed by atoms with Crippen LogP contribution in [0.5, 0.6) is 17.2 Å². The molecule has 3 nitrogen and oxygen atoms in total. The van der Waals surface area contributed by atoms with Gasteiger partial charge in [0.2, 0.25) is 0 Å². The van der Waals surface area contributed by atoms with Gasteiger partial charge in [-0.2, -0.15) is 0 Å². The van der Waals surface area contributed by atoms with Gasteiger partial charge in [-0.25, -0.2) is 8.78 Å². The lowest BCUT2D eigenvalue weighted by atomic mass is 10.0. The molecule has 2 rings (SSSR count). The smallest absolute Gasteiger partial charge is 0.134 e. The summed E-state index contributed by atoms with van der Waals surface area (Å²) in [7, 11) is 0. The van der Waals surface area contributed by atoms with Crippen molar-refractivity contribution in [3.8, 4) is 28.4 Å². The molecule has 2 aromatic rings. The molecule has 0 radical (unpaired) electrons. The first-order valence-corrected chi connectivity index (χ1v) is 9.54. The number of hydrogen-bond acceptors (Lipinski definition) is 3. The molecule has 0 saturated heterocycles. The molecule has 0 aliphatic rings. The zero-order chi connectivity index (χ0) is 19.8. The maximum Gasteiger partial charge on any atom is 0.134 e. The van der Waals surface area contributed by atoms with Gasteiger partial charge in [0.1, 0.15) is 28.9 Å². The zero-order valence-electron chi connectivity index (χ0n) is 16.5. The highest BCUT2D eigenvalue weighted by atomic mass is 19.1. The van der Waals surface area contributed by atoms with Crippen LogP contribution in [0.15, 0.2) is 24.3 Å². The average Bonchev–Trinajstić information content (AvgIpc) is 2.66. The number of benzene rings is 2. The van der Waals surface area contributed by atoms with Gasteiger partial charge >= 0.3 is 0 Å². The van der Waals surface area contributed by atoms with E-state index in [1.807, 2.05) is 20.8 Å². The maximum atomic E-state index is 14.2. The van der Waals surface area contributed by atoms with Crippen molar-refractivity contribution in [3.63, 3.8) is 0 Å². The fourth-order valence-corrected chi connectivity index (χ4v) is 2.59. The second kappa shape index (κ2) is 10.1. The highest BCUT2D eigenvalue weighted by molar-refractivity contribution is 5.78. The zero-order valence-corrected chi connectivity index (χ0v) is 16.5. The summed E-state index contributed by atoms with van der Waals surface area (Å²) in [5.41, 5.74) is 0.919. The first kappa shape index (κ1) is 21.0. The van der Waals surface area contributed by atoms with Crippen molar-refractivity contribution in [3.05, 3.63) is 41.5 Å². The van der Waals surface area contributed by atoms with Gasteiger partial charge in [-0.1, -0.05) is 20.8 Å². The Morgan fingerprint density at radius 2 is 1.15 bits per heavy atom. The minimum absolute atomic E-state index is 0.00583. The number of rotatable bonds is 10. The van der Waals surface area contributed by atoms with E-state index in [-0.39, 0.29) is 5.56 Å². The molecule has 0 aliphatic heterocycles. The van der Waals surface area contributed by atoms with Crippen LogP contribution >= 0.6 is 0 Å². The van der Waals surface area contributed by atoms with E-state index >= 15 is 0 Å². The molecule has 0 aromatic heterocycles. The Kier molecular flexibility index (Phi) is 7.89. The van der Waals surface area contributed by atoms with Gasteiger partial charge in [0, 0.05) is 17.7 Å². The normalized spacial score (nSPS) is 10.7. The Bertz CT molecular complexity index is 707. The number of halogens is 2. The molecule has 0 bridgehead atoms. The van der Waals surface area contributed by atoms with E-state index in [9.17, 15) is 8.78 Å². The number of ether oxygens (including phenoxy) is 3. The molecular weight excluding hydrogens is 350 g/mol. The van der Waals surface area contributed by atoms with E-state index < -0.39 is 11.6 Å². The molecule has 0 fully saturated rings. The molecule has 0 saturated carbocycles. The quantitative estimate of drug-likeness (QED) is 0.485. The molecule has 27 heavy (non-hydrogen) atoms. The second-order valence-corrected chi connectivity index (χ2v) is 6.40. The summed E-state index contributed by atoms with van der Waals surface area (Å²) in [4.78, 5) is 0. The Labute approximate surface area is 160 Å². The standard InChI is InChI=1S/C22H28F2O3/c1-5-8-25-17-13-20(26-9-6-2)22(21(14-17)27-10-7-3)16-11-18(23)15(4)19(24)12-16/h11-14H,5-10H2,1-4H3. The molecule has 0 aliphatic carbocycles. The number of hydrogen-bond donors (Lipinski definition) is 0. The molecule has 0 amide bonds. The van der Waals surface area contributed by atoms with Crippen molar-refractivity contribution >= 4 is 0 Å². The summed E-state index contributed by atoms with van der Waals surface area (Å²) in [5, 5.41) is 0. The van der Waals surface area contributed by atoms with Crippen molar-refractivity contribution in [1.82, 2.24) is 0 Å². The van der Waals surface area contributed by atoms with Crippen molar-refractivity contribution in [2.75, 3.05) is 19.8 Å². The molecule has 0 atom stereocenters. The monoisotopic (exact) mass is 378 g/mol. The van der Waals surface area contributed by atoms with Crippen molar-refractivity contribution < 1.29 is 23.0 Å². The SMILES string of the molecule is CCCOc1cc(OCCC)c(-c2cc(F)c(C)c(F)c2)c(OCCC)c1. The predicted molar refractivity (Wildman–Crippen MR) is 104 cm³/mol. The lowest BCUT2D eigenvalue weighted by Gasteiger charge is -2.19. The first-order chi connectivity index (χ1) is 13.0. The molecule has 2 aromatic carbocycles. The van der Waals surface area contributed by atoms with Crippen LogP contribution in [-0.2, 0) is 0 Å². The van der Waals surface area contributed by atoms with Gasteiger partial charge < -0.3 is 14.2 Å². The predicted octanol–water partition coefficient (Wildman–Crippen LogP) is 6.31. The minimum Gasteiger partial charge on any atom is -0.493 e. The average molecular weight is 378 g/mol. The van der Waals surface area contributed by atoms with Gasteiger partial charge in [-0.05, 0) is 43.9 Å². The highest BCUT2D eigenvalue weighted by Gasteiger charge is 2.19. The maximum absolute atomic E-state index is 14.2. The van der Waals surface area contributed by atoms with E-state index in [1.165, 1.54) is 19.1 Å². The Morgan fingerprint density at radius 1 is 0.704 bits per heavy atom. The second-order valence-electron chi connectivity index (χ2n) is 6.40. The van der Waals surface area contributed by atoms with Crippen LogP contribution in [0.25, 0.3) is 11.1 Å². The molecule has 148 valence electrons. The lowest BCUT2D eigenvalue weighted by molar-refractivity contribution is 0.288. The van der Waals surface area contributed by atoms with E-state index in [0.29, 0.717) is 48.2 Å². The van der Waals surface area contributed by atoms with Crippen LogP contribution in [0, 0.1) is 18.6 Å². The first-order valence-electron chi connectivity index (χ1n) is 9.54. The van der Waals surface area contributed by atoms with Crippen LogP contribution in [0.1, 0.15) is 45.6 Å². The third kappa shape index (κ3) is 5.34. The summed E-state index contributed by atoms with van der Waals surface area (Å²) in [5.74, 6) is 0.419. The van der Waals surface area contributed by atoms with Crippen LogP contribution < -0.4 is 14.2 Å². The Hall–Kier alpha value is -2.30. The van der Waals surface area contributed by atoms with Gasteiger partial charge in [0.05, 0.1) is 25.4 Å². The molecule has 0 spiro atoms. The van der Waals surface area contributed by atoms with Gasteiger partial charge in [0.25, 0.3) is 0 Å². The van der Waals surface area contributed by atoms with Crippen LogP contribution in [-0.4, -0.2) is 19.8 Å². The van der Waals surface area contributed by atoms with E-state index in [2.05, 4.69) is 0 Å². The molecule has 0 N–H and O–H groups in total. The molecule has 0 heterocycles. The van der Waals surface area contributed by atoms with Gasteiger partial charge in [-0.15, -0.1) is 0 Å². The third-order valence-corrected chi connectivity index (χ3v) is 4.01. The van der Waals surface area contributed by atoms with E-state index in [1.54, 1.807) is 12.1 Å². The summed E-state index contributed by atoms with van der Waals surface area (Å²) < 4.78 is 45.9. The van der Waals surface area contributed by atoms with Crippen molar-refractivity contribution in [2.24, 2.45) is 0 Å². The highest BCUT2D eigenvalue weighted by Crippen LogP contribution is 2.43. The van der Waals surface area contributed by atoms with Crippen LogP contribution in [0.3, 0.4) is 0 Å². The summed E-state index contributed by atoms with van der Waals surface area (Å²) >= 11 is 0. The van der Waals surface area contributed by atoms with Crippen LogP contribution in [0.4, 0.5) is 8.78 Å². The summed E-state index contributed by atoms with van der Waals surface area (Å²) in [6.45, 7) is 8.96. The minimum atomic E-state index is -0.598. The van der Waals surface area contributed by atoms with Gasteiger partial charge in [0.15, 0.2) is 0 Å². The third-order valence-electron chi connectivity index (χ3n) is 4.01. The summed E-state index contributed by atoms with van der Waals surface area (Å²) in [6, 6.07) is 6.15.